The van der Waals surface area contributed by atoms with E-state index < -0.39 is 0 Å². The minimum atomic E-state index is 0. The molecule has 0 aliphatic heterocycles. The van der Waals surface area contributed by atoms with Crippen LogP contribution in [-0.2, 0) is 0 Å². The van der Waals surface area contributed by atoms with Crippen LogP contribution >= 0.6 is 24.8 Å². The predicted molar refractivity (Wildman–Crippen MR) is 67.3 cm³/mol. The van der Waals surface area contributed by atoms with Crippen LogP contribution in [0.1, 0.15) is 32.6 Å². The Kier molecular flexibility index (Phi) is 17.7. The lowest BCUT2D eigenvalue weighted by Gasteiger charge is -2.07. The number of aliphatic imine (C=N–C) groups is 1. The van der Waals surface area contributed by atoms with E-state index in [1.54, 1.807) is 0 Å². The van der Waals surface area contributed by atoms with E-state index in [9.17, 15) is 0 Å². The van der Waals surface area contributed by atoms with Gasteiger partial charge in [0.25, 0.3) is 0 Å². The molecule has 1 unspecified atom stereocenters. The molecule has 0 radical (unpaired) electrons. The average Bonchev–Trinajstić information content (AvgIpc) is 1.98. The van der Waals surface area contributed by atoms with Gasteiger partial charge in [0.15, 0.2) is 5.96 Å². The van der Waals surface area contributed by atoms with Crippen LogP contribution in [0.25, 0.3) is 0 Å². The van der Waals surface area contributed by atoms with Crippen LogP contribution < -0.4 is 17.2 Å². The predicted octanol–water partition coefficient (Wildman–Crippen LogP) is 1.01. The van der Waals surface area contributed by atoms with Gasteiger partial charge >= 0.3 is 0 Å². The number of halogens is 2. The fourth-order valence-electron chi connectivity index (χ4n) is 1.08. The molecular formula is C8H22Cl2N4. The molecule has 0 saturated heterocycles. The normalized spacial score (nSPS) is 10.7. The maximum Gasteiger partial charge on any atom is 0.185 e. The minimum Gasteiger partial charge on any atom is -0.370 e. The first-order valence-electron chi connectivity index (χ1n) is 4.47. The molecule has 0 aliphatic rings. The molecule has 0 heterocycles. The molecule has 0 amide bonds. The molecular weight excluding hydrogens is 223 g/mol. The van der Waals surface area contributed by atoms with Gasteiger partial charge in [-0.25, -0.2) is 0 Å². The van der Waals surface area contributed by atoms with Gasteiger partial charge in [-0.2, -0.15) is 0 Å². The van der Waals surface area contributed by atoms with Gasteiger partial charge in [0.05, 0.1) is 0 Å². The van der Waals surface area contributed by atoms with Crippen LogP contribution in [0.5, 0.6) is 0 Å². The van der Waals surface area contributed by atoms with Gasteiger partial charge in [0, 0.05) is 12.6 Å². The number of nitrogens with zero attached hydrogens (tertiary/aromatic N) is 1. The lowest BCUT2D eigenvalue weighted by atomic mass is 10.1. The molecule has 0 fully saturated rings. The lowest BCUT2D eigenvalue weighted by molar-refractivity contribution is 0.544. The Hall–Kier alpha value is -0.190. The van der Waals surface area contributed by atoms with Crippen LogP contribution in [0.3, 0.4) is 0 Å². The first kappa shape index (κ1) is 19.4. The fourth-order valence-corrected chi connectivity index (χ4v) is 1.08. The van der Waals surface area contributed by atoms with Crippen molar-refractivity contribution < 1.29 is 0 Å². The van der Waals surface area contributed by atoms with Crippen molar-refractivity contribution in [2.45, 2.75) is 38.6 Å². The average molecular weight is 245 g/mol. The van der Waals surface area contributed by atoms with Gasteiger partial charge in [-0.15, -0.1) is 24.8 Å². The number of hydrogen-bond donors (Lipinski definition) is 3. The molecule has 0 aromatic rings. The van der Waals surface area contributed by atoms with E-state index in [4.69, 9.17) is 17.2 Å². The smallest absolute Gasteiger partial charge is 0.185 e. The van der Waals surface area contributed by atoms with Gasteiger partial charge in [-0.3, -0.25) is 4.99 Å². The van der Waals surface area contributed by atoms with E-state index in [0.29, 0.717) is 12.6 Å². The molecule has 0 saturated carbocycles. The third-order valence-electron chi connectivity index (χ3n) is 1.69. The number of rotatable bonds is 6. The van der Waals surface area contributed by atoms with Crippen molar-refractivity contribution in [1.82, 2.24) is 0 Å². The highest BCUT2D eigenvalue weighted by molar-refractivity contribution is 5.85. The second kappa shape index (κ2) is 12.8. The number of hydrogen-bond acceptors (Lipinski definition) is 2. The zero-order chi connectivity index (χ0) is 9.40. The largest absolute Gasteiger partial charge is 0.370 e. The lowest BCUT2D eigenvalue weighted by Crippen LogP contribution is -2.23. The molecule has 6 N–H and O–H groups in total. The zero-order valence-corrected chi connectivity index (χ0v) is 10.2. The highest BCUT2D eigenvalue weighted by Crippen LogP contribution is 2.01. The van der Waals surface area contributed by atoms with Crippen molar-refractivity contribution in [3.8, 4) is 0 Å². The second-order valence-corrected chi connectivity index (χ2v) is 3.00. The molecule has 0 aromatic heterocycles. The molecule has 0 bridgehead atoms. The summed E-state index contributed by atoms with van der Waals surface area (Å²) in [6.45, 7) is 2.83. The number of guanidine groups is 1. The Balaban J connectivity index is -0.000000605. The Bertz CT molecular complexity index is 137. The van der Waals surface area contributed by atoms with Crippen molar-refractivity contribution >= 4 is 30.8 Å². The maximum absolute atomic E-state index is 5.79. The van der Waals surface area contributed by atoms with Gasteiger partial charge < -0.3 is 17.2 Å². The minimum absolute atomic E-state index is 0. The monoisotopic (exact) mass is 244 g/mol. The molecule has 0 aromatic carbocycles. The summed E-state index contributed by atoms with van der Waals surface area (Å²) in [5.74, 6) is 0.166. The van der Waals surface area contributed by atoms with Crippen LogP contribution in [0.2, 0.25) is 0 Å². The summed E-state index contributed by atoms with van der Waals surface area (Å²) in [6, 6.07) is 0.309. The van der Waals surface area contributed by atoms with Gasteiger partial charge in [-0.05, 0) is 19.3 Å². The van der Waals surface area contributed by atoms with Crippen LogP contribution in [0, 0.1) is 0 Å². The van der Waals surface area contributed by atoms with E-state index in [-0.39, 0.29) is 30.8 Å². The van der Waals surface area contributed by atoms with E-state index in [2.05, 4.69) is 11.9 Å². The quantitative estimate of drug-likeness (QED) is 0.370. The topological polar surface area (TPSA) is 90.4 Å². The van der Waals surface area contributed by atoms with E-state index in [0.717, 1.165) is 25.7 Å². The Morgan fingerprint density at radius 1 is 1.21 bits per heavy atom. The van der Waals surface area contributed by atoms with Gasteiger partial charge in [0.1, 0.15) is 0 Å². The van der Waals surface area contributed by atoms with Crippen molar-refractivity contribution in [3.05, 3.63) is 0 Å². The Labute approximate surface area is 98.5 Å². The molecule has 4 nitrogen and oxygen atoms in total. The highest BCUT2D eigenvalue weighted by atomic mass is 35.5. The van der Waals surface area contributed by atoms with E-state index >= 15 is 0 Å². The number of nitrogens with two attached hydrogens (primary N) is 3. The van der Waals surface area contributed by atoms with Crippen molar-refractivity contribution in [1.29, 1.82) is 0 Å². The maximum atomic E-state index is 5.79. The summed E-state index contributed by atoms with van der Waals surface area (Å²) in [7, 11) is 0. The summed E-state index contributed by atoms with van der Waals surface area (Å²) in [5.41, 5.74) is 16.1. The van der Waals surface area contributed by atoms with E-state index in [1.807, 2.05) is 0 Å². The third-order valence-corrected chi connectivity index (χ3v) is 1.69. The Morgan fingerprint density at radius 3 is 2.21 bits per heavy atom. The summed E-state index contributed by atoms with van der Waals surface area (Å²) in [4.78, 5) is 3.87. The summed E-state index contributed by atoms with van der Waals surface area (Å²) in [5, 5.41) is 0. The molecule has 0 aliphatic carbocycles. The summed E-state index contributed by atoms with van der Waals surface area (Å²) >= 11 is 0. The molecule has 88 valence electrons. The first-order chi connectivity index (χ1) is 5.66. The summed E-state index contributed by atoms with van der Waals surface area (Å²) < 4.78 is 0. The van der Waals surface area contributed by atoms with Crippen molar-refractivity contribution in [3.63, 3.8) is 0 Å². The Morgan fingerprint density at radius 2 is 1.79 bits per heavy atom. The first-order valence-corrected chi connectivity index (χ1v) is 4.47. The SMILES string of the molecule is CCCC(N)CCCN=C(N)N.Cl.Cl. The highest BCUT2D eigenvalue weighted by Gasteiger charge is 1.99. The van der Waals surface area contributed by atoms with Crippen LogP contribution in [0.4, 0.5) is 0 Å². The van der Waals surface area contributed by atoms with Crippen LogP contribution in [0.15, 0.2) is 4.99 Å². The molecule has 1 atom stereocenters. The standard InChI is InChI=1S/C8H20N4.2ClH/c1-2-4-7(9)5-3-6-12-8(10)11;;/h7H,2-6,9H2,1H3,(H4,10,11,12);2*1H. The van der Waals surface area contributed by atoms with Crippen molar-refractivity contribution in [2.24, 2.45) is 22.2 Å². The van der Waals surface area contributed by atoms with Crippen LogP contribution in [-0.4, -0.2) is 18.5 Å². The van der Waals surface area contributed by atoms with Crippen molar-refractivity contribution in [2.75, 3.05) is 6.54 Å². The molecule has 0 spiro atoms. The summed E-state index contributed by atoms with van der Waals surface area (Å²) in [6.07, 6.45) is 4.20. The third kappa shape index (κ3) is 14.3. The molecule has 14 heavy (non-hydrogen) atoms. The molecule has 6 heteroatoms. The van der Waals surface area contributed by atoms with Gasteiger partial charge in [0.2, 0.25) is 0 Å². The van der Waals surface area contributed by atoms with E-state index in [1.165, 1.54) is 0 Å². The van der Waals surface area contributed by atoms with Gasteiger partial charge in [-0.1, -0.05) is 13.3 Å². The second-order valence-electron chi connectivity index (χ2n) is 3.00. The zero-order valence-electron chi connectivity index (χ0n) is 8.61. The fraction of sp³-hybridized carbons (Fsp3) is 0.875. The molecule has 0 rings (SSSR count).